The van der Waals surface area contributed by atoms with Crippen molar-refractivity contribution in [1.82, 2.24) is 20.1 Å². The van der Waals surface area contributed by atoms with E-state index in [-0.39, 0.29) is 41.4 Å². The van der Waals surface area contributed by atoms with Crippen LogP contribution in [-0.2, 0) is 0 Å². The van der Waals surface area contributed by atoms with Gasteiger partial charge < -0.3 is 19.4 Å². The number of aliphatic hydroxyl groups is 1. The Morgan fingerprint density at radius 1 is 1.13 bits per heavy atom. The van der Waals surface area contributed by atoms with E-state index in [0.29, 0.717) is 11.3 Å². The van der Waals surface area contributed by atoms with E-state index in [0.717, 1.165) is 12.1 Å². The van der Waals surface area contributed by atoms with E-state index >= 15 is 0 Å². The fourth-order valence-electron chi connectivity index (χ4n) is 3.10. The smallest absolute Gasteiger partial charge is 0.311 e. The lowest BCUT2D eigenvalue weighted by Crippen LogP contribution is -2.29. The van der Waals surface area contributed by atoms with Gasteiger partial charge in [0.15, 0.2) is 0 Å². The van der Waals surface area contributed by atoms with Crippen molar-refractivity contribution in [3.05, 3.63) is 59.7 Å². The van der Waals surface area contributed by atoms with Crippen LogP contribution in [0.4, 0.5) is 13.2 Å². The maximum atomic E-state index is 14.4. The van der Waals surface area contributed by atoms with Gasteiger partial charge in [-0.05, 0) is 35.9 Å². The first kappa shape index (κ1) is 19.6. The summed E-state index contributed by atoms with van der Waals surface area (Å²) in [5.74, 6) is -3.24. The highest BCUT2D eigenvalue weighted by atomic mass is 19.1. The number of aromatic nitrogens is 3. The first-order chi connectivity index (χ1) is 14.4. The Balaban J connectivity index is 1.90. The van der Waals surface area contributed by atoms with Crippen LogP contribution in [0.5, 0.6) is 0 Å². The normalized spacial score (nSPS) is 11.2. The van der Waals surface area contributed by atoms with E-state index in [1.54, 1.807) is 0 Å². The summed E-state index contributed by atoms with van der Waals surface area (Å²) < 4.78 is 47.2. The molecule has 0 spiro atoms. The number of H-pyrrole nitrogens is 1. The molecular weight excluding hydrogens is 401 g/mol. The number of hydrogen-bond acceptors (Lipinski definition) is 5. The standard InChI is InChI=1S/C20H15F3N4O3/c1-27(6-7-28)20(29)19-26-25-18(30-19)15-13-8-12(22)9-14(23)17(13)24-16(15)10-2-4-11(21)5-3-10/h2-5,8-9,24,28H,6-7H2,1H3. The summed E-state index contributed by atoms with van der Waals surface area (Å²) in [6.07, 6.45) is 0. The molecule has 0 fully saturated rings. The average Bonchev–Trinajstić information content (AvgIpc) is 3.33. The molecule has 0 unspecified atom stereocenters. The number of aliphatic hydroxyl groups excluding tert-OH is 1. The van der Waals surface area contributed by atoms with Gasteiger partial charge in [-0.15, -0.1) is 10.2 Å². The molecule has 2 N–H and O–H groups in total. The van der Waals surface area contributed by atoms with Gasteiger partial charge in [0.05, 0.1) is 23.4 Å². The highest BCUT2D eigenvalue weighted by Gasteiger charge is 2.25. The number of fused-ring (bicyclic) bond motifs is 1. The number of carbonyl (C=O) groups is 1. The maximum absolute atomic E-state index is 14.4. The van der Waals surface area contributed by atoms with Gasteiger partial charge in [-0.1, -0.05) is 0 Å². The van der Waals surface area contributed by atoms with Gasteiger partial charge in [-0.25, -0.2) is 13.2 Å². The number of likely N-dealkylation sites (N-methyl/N-ethyl adjacent to an activating group) is 1. The van der Waals surface area contributed by atoms with Crippen LogP contribution >= 0.6 is 0 Å². The zero-order chi connectivity index (χ0) is 21.4. The number of aromatic amines is 1. The second-order valence-electron chi connectivity index (χ2n) is 6.55. The number of halogens is 3. The lowest BCUT2D eigenvalue weighted by atomic mass is 10.0. The number of nitrogens with zero attached hydrogens (tertiary/aromatic N) is 3. The Kier molecular flexibility index (Phi) is 5.00. The molecule has 10 heteroatoms. The Labute approximate surface area is 167 Å². The van der Waals surface area contributed by atoms with Crippen molar-refractivity contribution in [2.24, 2.45) is 0 Å². The molecule has 30 heavy (non-hydrogen) atoms. The monoisotopic (exact) mass is 416 g/mol. The predicted molar refractivity (Wildman–Crippen MR) is 101 cm³/mol. The van der Waals surface area contributed by atoms with Gasteiger partial charge in [0.2, 0.25) is 0 Å². The van der Waals surface area contributed by atoms with E-state index in [1.165, 1.54) is 36.2 Å². The lowest BCUT2D eigenvalue weighted by molar-refractivity contribution is 0.0728. The van der Waals surface area contributed by atoms with Gasteiger partial charge in [0.25, 0.3) is 5.89 Å². The zero-order valence-corrected chi connectivity index (χ0v) is 15.6. The van der Waals surface area contributed by atoms with Crippen molar-refractivity contribution < 1.29 is 27.5 Å². The number of rotatable bonds is 5. The fraction of sp³-hybridized carbons (Fsp3) is 0.150. The minimum atomic E-state index is -0.835. The first-order valence-electron chi connectivity index (χ1n) is 8.86. The quantitative estimate of drug-likeness (QED) is 0.520. The fourth-order valence-corrected chi connectivity index (χ4v) is 3.10. The summed E-state index contributed by atoms with van der Waals surface area (Å²) in [6.45, 7) is -0.195. The minimum absolute atomic E-state index is 0.00537. The Hall–Kier alpha value is -3.66. The Morgan fingerprint density at radius 3 is 2.57 bits per heavy atom. The molecule has 1 amide bonds. The number of carbonyl (C=O) groups excluding carboxylic acids is 1. The number of hydrogen-bond donors (Lipinski definition) is 2. The van der Waals surface area contributed by atoms with Crippen LogP contribution in [0.15, 0.2) is 40.8 Å². The van der Waals surface area contributed by atoms with Crippen LogP contribution in [0.1, 0.15) is 10.7 Å². The van der Waals surface area contributed by atoms with E-state index in [1.807, 2.05) is 0 Å². The van der Waals surface area contributed by atoms with Gasteiger partial charge >= 0.3 is 11.8 Å². The molecule has 2 aromatic carbocycles. The van der Waals surface area contributed by atoms with Crippen LogP contribution < -0.4 is 0 Å². The zero-order valence-electron chi connectivity index (χ0n) is 15.6. The minimum Gasteiger partial charge on any atom is -0.412 e. The molecule has 4 aromatic rings. The maximum Gasteiger partial charge on any atom is 0.311 e. The molecule has 0 radical (unpaired) electrons. The summed E-state index contributed by atoms with van der Waals surface area (Å²) in [6, 6.07) is 7.16. The number of amides is 1. The van der Waals surface area contributed by atoms with Crippen LogP contribution in [0.25, 0.3) is 33.6 Å². The van der Waals surface area contributed by atoms with E-state index in [9.17, 15) is 18.0 Å². The molecular formula is C20H15F3N4O3. The third-order valence-electron chi connectivity index (χ3n) is 4.56. The molecule has 0 aliphatic carbocycles. The lowest BCUT2D eigenvalue weighted by Gasteiger charge is -2.12. The second kappa shape index (κ2) is 7.64. The van der Waals surface area contributed by atoms with Gasteiger partial charge in [0.1, 0.15) is 17.5 Å². The van der Waals surface area contributed by atoms with E-state index < -0.39 is 23.4 Å². The van der Waals surface area contributed by atoms with Crippen LogP contribution in [0, 0.1) is 17.5 Å². The molecule has 0 bridgehead atoms. The summed E-state index contributed by atoms with van der Waals surface area (Å²) in [7, 11) is 1.45. The third kappa shape index (κ3) is 3.41. The highest BCUT2D eigenvalue weighted by Crippen LogP contribution is 2.39. The van der Waals surface area contributed by atoms with Crippen molar-refractivity contribution in [2.75, 3.05) is 20.2 Å². The largest absolute Gasteiger partial charge is 0.412 e. The van der Waals surface area contributed by atoms with Gasteiger partial charge in [-0.2, -0.15) is 0 Å². The van der Waals surface area contributed by atoms with Crippen molar-refractivity contribution in [3.63, 3.8) is 0 Å². The molecule has 2 heterocycles. The molecule has 154 valence electrons. The molecule has 4 rings (SSSR count). The molecule has 0 saturated heterocycles. The van der Waals surface area contributed by atoms with Gasteiger partial charge in [0, 0.05) is 25.0 Å². The molecule has 0 aliphatic rings. The first-order valence-corrected chi connectivity index (χ1v) is 8.86. The Bertz CT molecular complexity index is 1230. The molecule has 0 atom stereocenters. The predicted octanol–water partition coefficient (Wildman–Crippen LogP) is 3.37. The van der Waals surface area contributed by atoms with Crippen LogP contribution in [0.3, 0.4) is 0 Å². The molecule has 2 aromatic heterocycles. The summed E-state index contributed by atoms with van der Waals surface area (Å²) in [4.78, 5) is 16.4. The highest BCUT2D eigenvalue weighted by molar-refractivity contribution is 6.02. The second-order valence-corrected chi connectivity index (χ2v) is 6.55. The average molecular weight is 416 g/mol. The summed E-state index contributed by atoms with van der Waals surface area (Å²) in [5.41, 5.74) is 0.923. The van der Waals surface area contributed by atoms with Crippen molar-refractivity contribution in [1.29, 1.82) is 0 Å². The van der Waals surface area contributed by atoms with Crippen molar-refractivity contribution in [3.8, 4) is 22.7 Å². The Morgan fingerprint density at radius 2 is 1.87 bits per heavy atom. The van der Waals surface area contributed by atoms with Gasteiger partial charge in [-0.3, -0.25) is 4.79 Å². The molecule has 0 saturated carbocycles. The molecule has 7 nitrogen and oxygen atoms in total. The number of benzene rings is 2. The van der Waals surface area contributed by atoms with E-state index in [4.69, 9.17) is 9.52 Å². The summed E-state index contributed by atoms with van der Waals surface area (Å²) in [5, 5.41) is 16.7. The van der Waals surface area contributed by atoms with Crippen molar-refractivity contribution in [2.45, 2.75) is 0 Å². The third-order valence-corrected chi connectivity index (χ3v) is 4.56. The summed E-state index contributed by atoms with van der Waals surface area (Å²) >= 11 is 0. The van der Waals surface area contributed by atoms with Crippen molar-refractivity contribution >= 4 is 16.8 Å². The van der Waals surface area contributed by atoms with E-state index in [2.05, 4.69) is 15.2 Å². The SMILES string of the molecule is CN(CCO)C(=O)c1nnc(-c2c(-c3ccc(F)cc3)[nH]c3c(F)cc(F)cc23)o1. The topological polar surface area (TPSA) is 95.2 Å². The van der Waals surface area contributed by atoms with Crippen LogP contribution in [0.2, 0.25) is 0 Å². The van der Waals surface area contributed by atoms with Crippen LogP contribution in [-0.4, -0.2) is 51.3 Å². The number of nitrogens with one attached hydrogen (secondary N) is 1. The molecule has 0 aliphatic heterocycles.